The molecular formula is C13H14N2O3S2. The molecule has 0 spiro atoms. The molecular weight excluding hydrogens is 296 g/mol. The van der Waals surface area contributed by atoms with Crippen molar-refractivity contribution in [2.75, 3.05) is 13.6 Å². The van der Waals surface area contributed by atoms with Gasteiger partial charge in [0.1, 0.15) is 5.01 Å². The van der Waals surface area contributed by atoms with Crippen molar-refractivity contribution in [3.63, 3.8) is 0 Å². The van der Waals surface area contributed by atoms with Crippen LogP contribution in [0.4, 0.5) is 0 Å². The van der Waals surface area contributed by atoms with E-state index < -0.39 is 5.97 Å². The van der Waals surface area contributed by atoms with E-state index in [0.717, 1.165) is 15.6 Å². The molecule has 0 aliphatic carbocycles. The summed E-state index contributed by atoms with van der Waals surface area (Å²) in [5.41, 5.74) is 0.727. The van der Waals surface area contributed by atoms with Crippen molar-refractivity contribution >= 4 is 34.6 Å². The molecule has 0 unspecified atom stereocenters. The van der Waals surface area contributed by atoms with Crippen LogP contribution >= 0.6 is 22.7 Å². The monoisotopic (exact) mass is 310 g/mol. The predicted octanol–water partition coefficient (Wildman–Crippen LogP) is 2.35. The molecule has 2 rings (SSSR count). The Morgan fingerprint density at radius 3 is 2.85 bits per heavy atom. The van der Waals surface area contributed by atoms with Gasteiger partial charge in [0.2, 0.25) is 5.91 Å². The van der Waals surface area contributed by atoms with Gasteiger partial charge in [0.15, 0.2) is 0 Å². The second kappa shape index (κ2) is 6.62. The summed E-state index contributed by atoms with van der Waals surface area (Å²) in [6.07, 6.45) is 0.164. The highest BCUT2D eigenvalue weighted by Crippen LogP contribution is 2.27. The van der Waals surface area contributed by atoms with Crippen LogP contribution in [-0.4, -0.2) is 40.5 Å². The molecule has 2 aromatic rings. The highest BCUT2D eigenvalue weighted by Gasteiger charge is 2.13. The molecule has 0 radical (unpaired) electrons. The third kappa shape index (κ3) is 3.88. The molecule has 0 saturated heterocycles. The Bertz CT molecular complexity index is 593. The SMILES string of the molecule is CN(CCC(=O)O)C(=O)Cc1csc(-c2cccs2)n1. The van der Waals surface area contributed by atoms with Gasteiger partial charge in [-0.2, -0.15) is 0 Å². The van der Waals surface area contributed by atoms with Crippen LogP contribution in [0.15, 0.2) is 22.9 Å². The van der Waals surface area contributed by atoms with Crippen molar-refractivity contribution in [3.05, 3.63) is 28.6 Å². The zero-order valence-electron chi connectivity index (χ0n) is 10.9. The first-order valence-electron chi connectivity index (χ1n) is 6.00. The van der Waals surface area contributed by atoms with Gasteiger partial charge in [-0.1, -0.05) is 6.07 Å². The van der Waals surface area contributed by atoms with Crippen molar-refractivity contribution in [2.45, 2.75) is 12.8 Å². The third-order valence-electron chi connectivity index (χ3n) is 2.70. The lowest BCUT2D eigenvalue weighted by Crippen LogP contribution is -2.30. The molecule has 0 fully saturated rings. The van der Waals surface area contributed by atoms with Crippen LogP contribution in [0.1, 0.15) is 12.1 Å². The van der Waals surface area contributed by atoms with Crippen molar-refractivity contribution in [1.29, 1.82) is 0 Å². The standard InChI is InChI=1S/C13H14N2O3S2/c1-15(5-4-12(17)18)11(16)7-9-8-20-13(14-9)10-3-2-6-19-10/h2-3,6,8H,4-5,7H2,1H3,(H,17,18). The summed E-state index contributed by atoms with van der Waals surface area (Å²) >= 11 is 3.13. The zero-order valence-corrected chi connectivity index (χ0v) is 12.5. The predicted molar refractivity (Wildman–Crippen MR) is 79.0 cm³/mol. The molecule has 2 aromatic heterocycles. The number of aliphatic carboxylic acids is 1. The molecule has 0 aliphatic rings. The first-order chi connectivity index (χ1) is 9.56. The number of rotatable bonds is 6. The van der Waals surface area contributed by atoms with Crippen LogP contribution in [0, 0.1) is 0 Å². The van der Waals surface area contributed by atoms with Crippen LogP contribution in [0.2, 0.25) is 0 Å². The van der Waals surface area contributed by atoms with Crippen LogP contribution in [0.5, 0.6) is 0 Å². The quantitative estimate of drug-likeness (QED) is 0.889. The first kappa shape index (κ1) is 14.7. The summed E-state index contributed by atoms with van der Waals surface area (Å²) in [4.78, 5) is 29.3. The smallest absolute Gasteiger partial charge is 0.305 e. The van der Waals surface area contributed by atoms with E-state index in [2.05, 4.69) is 4.98 Å². The molecule has 0 aliphatic heterocycles. The number of carboxylic acid groups (broad SMARTS) is 1. The molecule has 0 aromatic carbocycles. The van der Waals surface area contributed by atoms with Crippen LogP contribution in [0.25, 0.3) is 9.88 Å². The molecule has 20 heavy (non-hydrogen) atoms. The van der Waals surface area contributed by atoms with Crippen molar-refractivity contribution in [3.8, 4) is 9.88 Å². The average molecular weight is 310 g/mol. The molecule has 7 heteroatoms. The number of carboxylic acids is 1. The molecule has 1 amide bonds. The Labute approximate surface area is 124 Å². The molecule has 106 valence electrons. The Kier molecular flexibility index (Phi) is 4.86. The van der Waals surface area contributed by atoms with Crippen molar-refractivity contribution in [2.24, 2.45) is 0 Å². The normalized spacial score (nSPS) is 10.4. The average Bonchev–Trinajstić information content (AvgIpc) is 3.05. The highest BCUT2D eigenvalue weighted by atomic mass is 32.1. The van der Waals surface area contributed by atoms with E-state index in [1.54, 1.807) is 18.4 Å². The van der Waals surface area contributed by atoms with Gasteiger partial charge in [-0.3, -0.25) is 9.59 Å². The van der Waals surface area contributed by atoms with Gasteiger partial charge in [-0.25, -0.2) is 4.98 Å². The Morgan fingerprint density at radius 2 is 2.20 bits per heavy atom. The second-order valence-corrected chi connectivity index (χ2v) is 6.06. The summed E-state index contributed by atoms with van der Waals surface area (Å²) in [5.74, 6) is -1.02. The van der Waals surface area contributed by atoms with E-state index >= 15 is 0 Å². The number of likely N-dealkylation sites (N-methyl/N-ethyl adjacent to an activating group) is 1. The highest BCUT2D eigenvalue weighted by molar-refractivity contribution is 7.20. The fourth-order valence-corrected chi connectivity index (χ4v) is 3.21. The summed E-state index contributed by atoms with van der Waals surface area (Å²) in [7, 11) is 1.61. The number of thiazole rings is 1. The largest absolute Gasteiger partial charge is 0.481 e. The van der Waals surface area contributed by atoms with Gasteiger partial charge in [0.05, 0.1) is 23.4 Å². The lowest BCUT2D eigenvalue weighted by molar-refractivity contribution is -0.138. The topological polar surface area (TPSA) is 70.5 Å². The number of hydrogen-bond acceptors (Lipinski definition) is 5. The molecule has 5 nitrogen and oxygen atoms in total. The van der Waals surface area contributed by atoms with E-state index in [1.807, 2.05) is 22.9 Å². The lowest BCUT2D eigenvalue weighted by atomic mass is 10.3. The number of carbonyl (C=O) groups is 2. The van der Waals surface area contributed by atoms with Crippen molar-refractivity contribution < 1.29 is 14.7 Å². The summed E-state index contributed by atoms with van der Waals surface area (Å²) < 4.78 is 0. The van der Waals surface area contributed by atoms with Gasteiger partial charge in [-0.15, -0.1) is 22.7 Å². The fraction of sp³-hybridized carbons (Fsp3) is 0.308. The number of amides is 1. The van der Waals surface area contributed by atoms with Gasteiger partial charge in [-0.05, 0) is 11.4 Å². The molecule has 0 atom stereocenters. The number of aromatic nitrogens is 1. The van der Waals surface area contributed by atoms with E-state index in [1.165, 1.54) is 16.2 Å². The van der Waals surface area contributed by atoms with Crippen LogP contribution < -0.4 is 0 Å². The van der Waals surface area contributed by atoms with E-state index in [0.29, 0.717) is 0 Å². The second-order valence-electron chi connectivity index (χ2n) is 4.26. The number of carbonyl (C=O) groups excluding carboxylic acids is 1. The van der Waals surface area contributed by atoms with Gasteiger partial charge in [0, 0.05) is 19.0 Å². The van der Waals surface area contributed by atoms with Crippen molar-refractivity contribution in [1.82, 2.24) is 9.88 Å². The Balaban J connectivity index is 1.93. The van der Waals surface area contributed by atoms with Crippen LogP contribution in [-0.2, 0) is 16.0 Å². The summed E-state index contributed by atoms with van der Waals surface area (Å²) in [5, 5.41) is 13.4. The molecule has 0 saturated carbocycles. The van der Waals surface area contributed by atoms with E-state index in [-0.39, 0.29) is 25.3 Å². The maximum atomic E-state index is 11.9. The minimum absolute atomic E-state index is 0.0419. The Hall–Kier alpha value is -1.73. The van der Waals surface area contributed by atoms with E-state index in [9.17, 15) is 9.59 Å². The van der Waals surface area contributed by atoms with Gasteiger partial charge < -0.3 is 10.0 Å². The summed E-state index contributed by atoms with van der Waals surface area (Å²) in [6, 6.07) is 3.96. The molecule has 2 heterocycles. The minimum atomic E-state index is -0.904. The first-order valence-corrected chi connectivity index (χ1v) is 7.76. The minimum Gasteiger partial charge on any atom is -0.481 e. The maximum Gasteiger partial charge on any atom is 0.305 e. The fourth-order valence-electron chi connectivity index (χ4n) is 1.58. The van der Waals surface area contributed by atoms with Gasteiger partial charge in [0.25, 0.3) is 0 Å². The van der Waals surface area contributed by atoms with E-state index in [4.69, 9.17) is 5.11 Å². The molecule has 1 N–H and O–H groups in total. The number of hydrogen-bond donors (Lipinski definition) is 1. The molecule has 0 bridgehead atoms. The third-order valence-corrected chi connectivity index (χ3v) is 4.63. The number of nitrogens with zero attached hydrogens (tertiary/aromatic N) is 2. The zero-order chi connectivity index (χ0) is 14.5. The summed E-state index contributed by atoms with van der Waals surface area (Å²) in [6.45, 7) is 0.218. The Morgan fingerprint density at radius 1 is 1.40 bits per heavy atom. The van der Waals surface area contributed by atoms with Gasteiger partial charge >= 0.3 is 5.97 Å². The van der Waals surface area contributed by atoms with Crippen LogP contribution in [0.3, 0.4) is 0 Å². The lowest BCUT2D eigenvalue weighted by Gasteiger charge is -2.14. The number of thiophene rings is 1. The maximum absolute atomic E-state index is 11.9.